The molecule has 0 aliphatic carbocycles. The summed E-state index contributed by atoms with van der Waals surface area (Å²) in [7, 11) is -1.34. The van der Waals surface area contributed by atoms with Gasteiger partial charge >= 0.3 is 0 Å². The minimum absolute atomic E-state index is 0.223. The molecule has 6 heteroatoms. The third-order valence-electron chi connectivity index (χ3n) is 3.44. The lowest BCUT2D eigenvalue weighted by molar-refractivity contribution is 0.286. The lowest BCUT2D eigenvalue weighted by Crippen LogP contribution is -2.26. The van der Waals surface area contributed by atoms with Gasteiger partial charge in [0, 0.05) is 13.1 Å². The molecular formula is C14H18N2O3S. The Morgan fingerprint density at radius 3 is 2.85 bits per heavy atom. The van der Waals surface area contributed by atoms with E-state index in [1.165, 1.54) is 0 Å². The fraction of sp³-hybridized carbons (Fsp3) is 0.500. The Bertz CT molecular complexity index is 620. The van der Waals surface area contributed by atoms with Gasteiger partial charge in [-0.1, -0.05) is 6.07 Å². The molecule has 1 aromatic carbocycles. The number of ether oxygens (including phenoxy) is 1. The average molecular weight is 294 g/mol. The molecule has 0 amide bonds. The first-order chi connectivity index (χ1) is 9.54. The lowest BCUT2D eigenvalue weighted by atomic mass is 10.1. The molecule has 0 N–H and O–H groups in total. The SMILES string of the molecule is COc1cc(CN2CCCS(=O)(=O)CC2)ccc1C#N. The van der Waals surface area contributed by atoms with Gasteiger partial charge < -0.3 is 4.74 Å². The number of sulfone groups is 1. The molecule has 1 aromatic rings. The number of methoxy groups -OCH3 is 1. The molecule has 0 radical (unpaired) electrons. The van der Waals surface area contributed by atoms with E-state index in [2.05, 4.69) is 11.0 Å². The first kappa shape index (κ1) is 14.8. The van der Waals surface area contributed by atoms with E-state index < -0.39 is 9.84 Å². The summed E-state index contributed by atoms with van der Waals surface area (Å²) in [6.07, 6.45) is 0.676. The van der Waals surface area contributed by atoms with Crippen molar-refractivity contribution >= 4 is 9.84 Å². The summed E-state index contributed by atoms with van der Waals surface area (Å²) in [6.45, 7) is 2.02. The molecule has 5 nitrogen and oxygen atoms in total. The molecule has 1 aliphatic rings. The van der Waals surface area contributed by atoms with Gasteiger partial charge in [-0.05, 0) is 30.7 Å². The first-order valence-corrected chi connectivity index (χ1v) is 8.36. The molecule has 108 valence electrons. The Balaban J connectivity index is 2.09. The maximum absolute atomic E-state index is 11.6. The lowest BCUT2D eigenvalue weighted by Gasteiger charge is -2.19. The zero-order chi connectivity index (χ0) is 14.6. The van der Waals surface area contributed by atoms with Crippen LogP contribution in [0.3, 0.4) is 0 Å². The van der Waals surface area contributed by atoms with Gasteiger partial charge in [0.15, 0.2) is 9.84 Å². The van der Waals surface area contributed by atoms with Crippen molar-refractivity contribution in [2.75, 3.05) is 31.7 Å². The van der Waals surface area contributed by atoms with Gasteiger partial charge in [-0.25, -0.2) is 8.42 Å². The van der Waals surface area contributed by atoms with E-state index in [9.17, 15) is 8.42 Å². The first-order valence-electron chi connectivity index (χ1n) is 6.54. The third kappa shape index (κ3) is 3.71. The van der Waals surface area contributed by atoms with E-state index in [-0.39, 0.29) is 11.5 Å². The second-order valence-corrected chi connectivity index (χ2v) is 7.23. The van der Waals surface area contributed by atoms with Crippen molar-refractivity contribution in [2.45, 2.75) is 13.0 Å². The molecule has 20 heavy (non-hydrogen) atoms. The van der Waals surface area contributed by atoms with Crippen LogP contribution in [0.5, 0.6) is 5.75 Å². The number of hydrogen-bond donors (Lipinski definition) is 0. The third-order valence-corrected chi connectivity index (χ3v) is 5.16. The van der Waals surface area contributed by atoms with Gasteiger partial charge in [-0.2, -0.15) is 5.26 Å². The quantitative estimate of drug-likeness (QED) is 0.837. The minimum atomic E-state index is -2.88. The smallest absolute Gasteiger partial charge is 0.151 e. The van der Waals surface area contributed by atoms with Crippen molar-refractivity contribution in [1.29, 1.82) is 5.26 Å². The van der Waals surface area contributed by atoms with Gasteiger partial charge in [0.25, 0.3) is 0 Å². The van der Waals surface area contributed by atoms with E-state index in [1.807, 2.05) is 12.1 Å². The highest BCUT2D eigenvalue weighted by Crippen LogP contribution is 2.20. The zero-order valence-electron chi connectivity index (χ0n) is 11.5. The fourth-order valence-electron chi connectivity index (χ4n) is 2.33. The normalized spacial score (nSPS) is 19.0. The molecule has 1 fully saturated rings. The highest BCUT2D eigenvalue weighted by molar-refractivity contribution is 7.91. The molecule has 0 bridgehead atoms. The van der Waals surface area contributed by atoms with Crippen LogP contribution in [0.15, 0.2) is 18.2 Å². The maximum Gasteiger partial charge on any atom is 0.151 e. The number of hydrogen-bond acceptors (Lipinski definition) is 5. The Morgan fingerprint density at radius 2 is 2.15 bits per heavy atom. The van der Waals surface area contributed by atoms with E-state index in [0.29, 0.717) is 30.8 Å². The van der Waals surface area contributed by atoms with Crippen LogP contribution >= 0.6 is 0 Å². The fourth-order valence-corrected chi connectivity index (χ4v) is 3.64. The van der Waals surface area contributed by atoms with Gasteiger partial charge in [0.1, 0.15) is 11.8 Å². The topological polar surface area (TPSA) is 70.4 Å². The van der Waals surface area contributed by atoms with E-state index in [1.54, 1.807) is 13.2 Å². The van der Waals surface area contributed by atoms with Crippen LogP contribution in [0, 0.1) is 11.3 Å². The molecular weight excluding hydrogens is 276 g/mol. The number of nitriles is 1. The zero-order valence-corrected chi connectivity index (χ0v) is 12.3. The average Bonchev–Trinajstić information content (AvgIpc) is 2.60. The van der Waals surface area contributed by atoms with Crippen molar-refractivity contribution in [2.24, 2.45) is 0 Å². The monoisotopic (exact) mass is 294 g/mol. The highest BCUT2D eigenvalue weighted by Gasteiger charge is 2.19. The summed E-state index contributed by atoms with van der Waals surface area (Å²) < 4.78 is 28.3. The van der Waals surface area contributed by atoms with Crippen molar-refractivity contribution in [3.8, 4) is 11.8 Å². The number of benzene rings is 1. The largest absolute Gasteiger partial charge is 0.495 e. The molecule has 0 unspecified atom stereocenters. The summed E-state index contributed by atoms with van der Waals surface area (Å²) >= 11 is 0. The Kier molecular flexibility index (Phi) is 4.63. The van der Waals surface area contributed by atoms with Crippen LogP contribution in [-0.2, 0) is 16.4 Å². The molecule has 0 aromatic heterocycles. The van der Waals surface area contributed by atoms with Crippen molar-refractivity contribution < 1.29 is 13.2 Å². The van der Waals surface area contributed by atoms with E-state index >= 15 is 0 Å². The van der Waals surface area contributed by atoms with Gasteiger partial charge in [0.2, 0.25) is 0 Å². The van der Waals surface area contributed by atoms with Crippen molar-refractivity contribution in [1.82, 2.24) is 4.90 Å². The Morgan fingerprint density at radius 1 is 1.35 bits per heavy atom. The van der Waals surface area contributed by atoms with Gasteiger partial charge in [0.05, 0.1) is 24.2 Å². The van der Waals surface area contributed by atoms with Crippen LogP contribution in [0.4, 0.5) is 0 Å². The number of nitrogens with zero attached hydrogens (tertiary/aromatic N) is 2. The van der Waals surface area contributed by atoms with Gasteiger partial charge in [-0.3, -0.25) is 4.90 Å². The maximum atomic E-state index is 11.6. The van der Waals surface area contributed by atoms with Crippen molar-refractivity contribution in [3.05, 3.63) is 29.3 Å². The van der Waals surface area contributed by atoms with Crippen molar-refractivity contribution in [3.63, 3.8) is 0 Å². The summed E-state index contributed by atoms with van der Waals surface area (Å²) in [5.41, 5.74) is 1.54. The van der Waals surface area contributed by atoms with Crippen LogP contribution in [0.2, 0.25) is 0 Å². The molecule has 1 aliphatic heterocycles. The second-order valence-electron chi connectivity index (χ2n) is 4.93. The van der Waals surface area contributed by atoms with Crippen LogP contribution in [0.1, 0.15) is 17.5 Å². The van der Waals surface area contributed by atoms with E-state index in [0.717, 1.165) is 12.1 Å². The summed E-state index contributed by atoms with van der Waals surface area (Å²) in [5.74, 6) is 1.06. The summed E-state index contributed by atoms with van der Waals surface area (Å²) in [6, 6.07) is 7.55. The van der Waals surface area contributed by atoms with E-state index in [4.69, 9.17) is 10.00 Å². The molecule has 0 saturated carbocycles. The highest BCUT2D eigenvalue weighted by atomic mass is 32.2. The van der Waals surface area contributed by atoms with Gasteiger partial charge in [-0.15, -0.1) is 0 Å². The minimum Gasteiger partial charge on any atom is -0.495 e. The van der Waals surface area contributed by atoms with Crippen LogP contribution < -0.4 is 4.74 Å². The standard InChI is InChI=1S/C14H18N2O3S/c1-19-14-9-12(3-4-13(14)10-15)11-16-5-2-7-20(17,18)8-6-16/h3-4,9H,2,5-8,11H2,1H3. The predicted octanol–water partition coefficient (Wildman–Crippen LogP) is 1.19. The summed E-state index contributed by atoms with van der Waals surface area (Å²) in [5, 5.41) is 8.95. The molecule has 1 heterocycles. The number of rotatable bonds is 3. The molecule has 0 spiro atoms. The Labute approximate surface area is 119 Å². The van der Waals surface area contributed by atoms with Crippen LogP contribution in [-0.4, -0.2) is 45.0 Å². The summed E-state index contributed by atoms with van der Waals surface area (Å²) in [4.78, 5) is 2.13. The van der Waals surface area contributed by atoms with Crippen LogP contribution in [0.25, 0.3) is 0 Å². The molecule has 0 atom stereocenters. The predicted molar refractivity (Wildman–Crippen MR) is 76.3 cm³/mol. The molecule has 1 saturated heterocycles. The molecule has 2 rings (SSSR count). The Hall–Kier alpha value is -1.58. The second kappa shape index (κ2) is 6.25.